The maximum atomic E-state index is 13.5. The zero-order valence-electron chi connectivity index (χ0n) is 15.6. The van der Waals surface area contributed by atoms with Crippen molar-refractivity contribution in [2.75, 3.05) is 26.7 Å². The van der Waals surface area contributed by atoms with E-state index < -0.39 is 0 Å². The topological polar surface area (TPSA) is 53.6 Å². The van der Waals surface area contributed by atoms with E-state index in [4.69, 9.17) is 4.74 Å². The number of amides is 2. The van der Waals surface area contributed by atoms with Gasteiger partial charge in [0.15, 0.2) is 0 Å². The number of carbonyl (C=O) groups excluding carboxylic acids is 1. The summed E-state index contributed by atoms with van der Waals surface area (Å²) in [6.07, 6.45) is 1.91. The third kappa shape index (κ3) is 5.88. The summed E-state index contributed by atoms with van der Waals surface area (Å²) < 4.78 is 18.7. The molecule has 1 aliphatic rings. The molecule has 1 aromatic rings. The maximum Gasteiger partial charge on any atom is 0.315 e. The summed E-state index contributed by atoms with van der Waals surface area (Å²) in [5.41, 5.74) is 0.629. The molecule has 1 saturated heterocycles. The minimum absolute atomic E-state index is 0.185. The van der Waals surface area contributed by atoms with Gasteiger partial charge in [0.05, 0.1) is 13.2 Å². The van der Waals surface area contributed by atoms with Crippen molar-refractivity contribution >= 4 is 6.03 Å². The summed E-state index contributed by atoms with van der Waals surface area (Å²) in [7, 11) is 1.54. The summed E-state index contributed by atoms with van der Waals surface area (Å²) in [5.74, 6) is 0.883. The van der Waals surface area contributed by atoms with Gasteiger partial charge in [-0.05, 0) is 43.9 Å². The second-order valence-electron chi connectivity index (χ2n) is 7.19. The van der Waals surface area contributed by atoms with Crippen LogP contribution in [0.5, 0.6) is 5.75 Å². The molecule has 0 bridgehead atoms. The molecule has 0 radical (unpaired) electrons. The minimum atomic E-state index is -0.345. The molecule has 2 N–H and O–H groups in total. The largest absolute Gasteiger partial charge is 0.496 e. The molecule has 0 aliphatic carbocycles. The summed E-state index contributed by atoms with van der Waals surface area (Å²) in [6, 6.07) is 3.94. The molecule has 1 unspecified atom stereocenters. The van der Waals surface area contributed by atoms with Crippen LogP contribution in [0.15, 0.2) is 18.2 Å². The van der Waals surface area contributed by atoms with Gasteiger partial charge in [-0.3, -0.25) is 0 Å². The number of likely N-dealkylation sites (tertiary alicyclic amines) is 1. The number of carbonyl (C=O) groups is 1. The molecule has 25 heavy (non-hydrogen) atoms. The highest BCUT2D eigenvalue weighted by atomic mass is 19.1. The number of ether oxygens (including phenoxy) is 1. The first kappa shape index (κ1) is 19.5. The first-order valence-electron chi connectivity index (χ1n) is 9.02. The van der Waals surface area contributed by atoms with Crippen molar-refractivity contribution in [2.45, 2.75) is 45.7 Å². The number of nitrogens with one attached hydrogen (secondary N) is 2. The highest BCUT2D eigenvalue weighted by molar-refractivity contribution is 5.74. The van der Waals surface area contributed by atoms with Crippen molar-refractivity contribution < 1.29 is 13.9 Å². The molecule has 5 nitrogen and oxygen atoms in total. The predicted molar refractivity (Wildman–Crippen MR) is 97.3 cm³/mol. The first-order chi connectivity index (χ1) is 11.9. The van der Waals surface area contributed by atoms with Crippen LogP contribution in [-0.4, -0.2) is 43.7 Å². The van der Waals surface area contributed by atoms with E-state index in [1.54, 1.807) is 6.07 Å². The van der Waals surface area contributed by atoms with Gasteiger partial charge >= 0.3 is 6.03 Å². The zero-order valence-corrected chi connectivity index (χ0v) is 15.6. The Labute approximate surface area is 149 Å². The van der Waals surface area contributed by atoms with Crippen LogP contribution in [0, 0.1) is 11.7 Å². The summed E-state index contributed by atoms with van der Waals surface area (Å²) in [6.45, 7) is 9.39. The van der Waals surface area contributed by atoms with Gasteiger partial charge in [0.1, 0.15) is 11.6 Å². The quantitative estimate of drug-likeness (QED) is 0.827. The molecular formula is C19H30FN3O2. The molecule has 0 spiro atoms. The van der Waals surface area contributed by atoms with Crippen molar-refractivity contribution in [1.82, 2.24) is 15.5 Å². The lowest BCUT2D eigenvalue weighted by Gasteiger charge is -2.33. The molecule has 140 valence electrons. The average molecular weight is 351 g/mol. The van der Waals surface area contributed by atoms with Crippen molar-refractivity contribution in [3.8, 4) is 5.75 Å². The van der Waals surface area contributed by atoms with Crippen LogP contribution in [0.1, 0.15) is 45.2 Å². The Bertz CT molecular complexity index is 572. The Morgan fingerprint density at radius 1 is 1.32 bits per heavy atom. The fourth-order valence-electron chi connectivity index (χ4n) is 3.32. The monoisotopic (exact) mass is 351 g/mol. The van der Waals surface area contributed by atoms with Gasteiger partial charge in [0.25, 0.3) is 0 Å². The zero-order chi connectivity index (χ0) is 18.4. The SMILES string of the molecule is COc1ccc(F)cc1C(C)NC(=O)NC1CCN(CC(C)C)CC1. The minimum Gasteiger partial charge on any atom is -0.496 e. The molecule has 1 fully saturated rings. The van der Waals surface area contributed by atoms with E-state index in [-0.39, 0.29) is 23.9 Å². The number of rotatable bonds is 6. The van der Waals surface area contributed by atoms with Gasteiger partial charge < -0.3 is 20.3 Å². The second kappa shape index (κ2) is 9.04. The van der Waals surface area contributed by atoms with E-state index in [0.717, 1.165) is 32.5 Å². The Hall–Kier alpha value is -1.82. The fourth-order valence-corrected chi connectivity index (χ4v) is 3.32. The molecule has 1 heterocycles. The predicted octanol–water partition coefficient (Wildman–Crippen LogP) is 3.31. The molecule has 0 saturated carbocycles. The second-order valence-corrected chi connectivity index (χ2v) is 7.19. The van der Waals surface area contributed by atoms with Gasteiger partial charge in [0, 0.05) is 31.2 Å². The molecule has 0 aromatic heterocycles. The number of urea groups is 1. The highest BCUT2D eigenvalue weighted by Crippen LogP contribution is 2.25. The van der Waals surface area contributed by atoms with E-state index in [2.05, 4.69) is 29.4 Å². The highest BCUT2D eigenvalue weighted by Gasteiger charge is 2.22. The molecule has 1 aliphatic heterocycles. The number of benzene rings is 1. The van der Waals surface area contributed by atoms with Gasteiger partial charge in [-0.25, -0.2) is 9.18 Å². The third-order valence-corrected chi connectivity index (χ3v) is 4.55. The molecule has 2 amide bonds. The maximum absolute atomic E-state index is 13.5. The number of methoxy groups -OCH3 is 1. The number of nitrogens with zero attached hydrogens (tertiary/aromatic N) is 1. The Balaban J connectivity index is 1.83. The van der Waals surface area contributed by atoms with Crippen LogP contribution in [-0.2, 0) is 0 Å². The van der Waals surface area contributed by atoms with Crippen molar-refractivity contribution in [2.24, 2.45) is 5.92 Å². The van der Waals surface area contributed by atoms with E-state index in [9.17, 15) is 9.18 Å². The van der Waals surface area contributed by atoms with Gasteiger partial charge in [-0.2, -0.15) is 0 Å². The summed E-state index contributed by atoms with van der Waals surface area (Å²) in [4.78, 5) is 14.7. The number of halogens is 1. The lowest BCUT2D eigenvalue weighted by atomic mass is 10.0. The van der Waals surface area contributed by atoms with Gasteiger partial charge in [0.2, 0.25) is 0 Å². The number of piperidine rings is 1. The van der Waals surface area contributed by atoms with Crippen molar-refractivity contribution in [3.05, 3.63) is 29.6 Å². The summed E-state index contributed by atoms with van der Waals surface area (Å²) >= 11 is 0. The molecule has 1 atom stereocenters. The van der Waals surface area contributed by atoms with Crippen LogP contribution in [0.3, 0.4) is 0 Å². The Kier molecular flexibility index (Phi) is 7.05. The molecule has 2 rings (SSSR count). The van der Waals surface area contributed by atoms with Crippen LogP contribution in [0.25, 0.3) is 0 Å². The van der Waals surface area contributed by atoms with Crippen LogP contribution in [0.4, 0.5) is 9.18 Å². The third-order valence-electron chi connectivity index (χ3n) is 4.55. The van der Waals surface area contributed by atoms with Crippen molar-refractivity contribution in [3.63, 3.8) is 0 Å². The van der Waals surface area contributed by atoms with Gasteiger partial charge in [-0.1, -0.05) is 13.8 Å². The smallest absolute Gasteiger partial charge is 0.315 e. The van der Waals surface area contributed by atoms with Crippen LogP contribution >= 0.6 is 0 Å². The van der Waals surface area contributed by atoms with Crippen molar-refractivity contribution in [1.29, 1.82) is 0 Å². The average Bonchev–Trinajstić information content (AvgIpc) is 2.56. The van der Waals surface area contributed by atoms with E-state index >= 15 is 0 Å². The molecule has 6 heteroatoms. The first-order valence-corrected chi connectivity index (χ1v) is 9.02. The van der Waals surface area contributed by atoms with E-state index in [1.165, 1.54) is 19.2 Å². The standard InChI is InChI=1S/C19H30FN3O2/c1-13(2)12-23-9-7-16(8-10-23)22-19(24)21-14(3)17-11-15(20)5-6-18(17)25-4/h5-6,11,13-14,16H,7-10,12H2,1-4H3,(H2,21,22,24). The van der Waals surface area contributed by atoms with Crippen LogP contribution < -0.4 is 15.4 Å². The van der Waals surface area contributed by atoms with Crippen LogP contribution in [0.2, 0.25) is 0 Å². The lowest BCUT2D eigenvalue weighted by Crippen LogP contribution is -2.48. The van der Waals surface area contributed by atoms with Gasteiger partial charge in [-0.15, -0.1) is 0 Å². The molecular weight excluding hydrogens is 321 g/mol. The Morgan fingerprint density at radius 2 is 2.00 bits per heavy atom. The van der Waals surface area contributed by atoms with E-state index in [0.29, 0.717) is 17.2 Å². The number of hydrogen-bond donors (Lipinski definition) is 2. The lowest BCUT2D eigenvalue weighted by molar-refractivity contribution is 0.177. The molecule has 1 aromatic carbocycles. The number of hydrogen-bond acceptors (Lipinski definition) is 3. The van der Waals surface area contributed by atoms with E-state index in [1.807, 2.05) is 6.92 Å². The Morgan fingerprint density at radius 3 is 2.60 bits per heavy atom. The normalized spacial score (nSPS) is 17.4. The summed E-state index contributed by atoms with van der Waals surface area (Å²) in [5, 5.41) is 5.91. The fraction of sp³-hybridized carbons (Fsp3) is 0.632.